The van der Waals surface area contributed by atoms with Crippen molar-refractivity contribution < 1.29 is 8.78 Å². The molecule has 0 N–H and O–H groups in total. The topological polar surface area (TPSA) is 71.3 Å². The average molecular weight is 827 g/mol. The zero-order chi connectivity index (χ0) is 36.5. The largest absolute Gasteiger partial charge is 0.328 e. The van der Waals surface area contributed by atoms with E-state index in [1.54, 1.807) is 27.6 Å². The van der Waals surface area contributed by atoms with Crippen LogP contribution in [0.1, 0.15) is 36.6 Å². The molecule has 0 amide bonds. The molecular formula is C40H36Br2F2N8. The van der Waals surface area contributed by atoms with Gasteiger partial charge in [-0.1, -0.05) is 56.1 Å². The first kappa shape index (κ1) is 35.5. The molecule has 12 heteroatoms. The Balaban J connectivity index is 0.000000162. The van der Waals surface area contributed by atoms with Gasteiger partial charge in [-0.05, 0) is 74.5 Å². The molecule has 4 heterocycles. The summed E-state index contributed by atoms with van der Waals surface area (Å²) >= 11 is 7.02. The Bertz CT molecular complexity index is 2460. The minimum absolute atomic E-state index is 0.250. The molecule has 0 saturated heterocycles. The predicted molar refractivity (Wildman–Crippen MR) is 209 cm³/mol. The average Bonchev–Trinajstić information content (AvgIpc) is 3.86. The SMILES string of the molecule is CCn1c(Cc2cn(C)nc2-c2cccc(F)c2)nc2cc(Br)ccc21.CCn1c(Cc2cnn(C)c2-c2cccc(F)c2)nc2cc(Br)ccc21. The molecule has 0 aliphatic rings. The molecule has 264 valence electrons. The fourth-order valence-corrected chi connectivity index (χ4v) is 7.49. The number of fused-ring (bicyclic) bond motifs is 2. The summed E-state index contributed by atoms with van der Waals surface area (Å²) in [5.41, 5.74) is 9.53. The molecular weight excluding hydrogens is 790 g/mol. The summed E-state index contributed by atoms with van der Waals surface area (Å²) in [5, 5.41) is 8.94. The quantitative estimate of drug-likeness (QED) is 0.153. The molecule has 0 atom stereocenters. The van der Waals surface area contributed by atoms with E-state index in [1.165, 1.54) is 18.2 Å². The zero-order valence-electron chi connectivity index (χ0n) is 29.2. The van der Waals surface area contributed by atoms with Crippen molar-refractivity contribution in [3.05, 3.63) is 141 Å². The minimum atomic E-state index is -0.259. The van der Waals surface area contributed by atoms with E-state index in [2.05, 4.69) is 77.2 Å². The summed E-state index contributed by atoms with van der Waals surface area (Å²) in [5.74, 6) is 1.45. The molecule has 4 aromatic carbocycles. The number of benzene rings is 4. The van der Waals surface area contributed by atoms with Gasteiger partial charge in [-0.3, -0.25) is 9.36 Å². The highest BCUT2D eigenvalue weighted by Gasteiger charge is 2.18. The van der Waals surface area contributed by atoms with Gasteiger partial charge in [-0.15, -0.1) is 0 Å². The van der Waals surface area contributed by atoms with Crippen LogP contribution in [0.4, 0.5) is 8.78 Å². The van der Waals surface area contributed by atoms with Crippen molar-refractivity contribution in [3.8, 4) is 22.5 Å². The van der Waals surface area contributed by atoms with E-state index >= 15 is 0 Å². The lowest BCUT2D eigenvalue weighted by Crippen LogP contribution is -2.04. The van der Waals surface area contributed by atoms with Crippen molar-refractivity contribution >= 4 is 53.9 Å². The lowest BCUT2D eigenvalue weighted by atomic mass is 10.1. The van der Waals surface area contributed by atoms with E-state index in [0.717, 1.165) is 89.4 Å². The number of imidazole rings is 2. The monoisotopic (exact) mass is 824 g/mol. The summed E-state index contributed by atoms with van der Waals surface area (Å²) in [4.78, 5) is 9.65. The molecule has 8 aromatic rings. The van der Waals surface area contributed by atoms with Crippen LogP contribution in [0.25, 0.3) is 44.6 Å². The normalized spacial score (nSPS) is 11.4. The Morgan fingerprint density at radius 3 is 1.75 bits per heavy atom. The second kappa shape index (κ2) is 15.0. The van der Waals surface area contributed by atoms with Gasteiger partial charge in [0.2, 0.25) is 0 Å². The summed E-state index contributed by atoms with van der Waals surface area (Å²) < 4.78 is 37.4. The fourth-order valence-electron chi connectivity index (χ4n) is 6.79. The van der Waals surface area contributed by atoms with Gasteiger partial charge in [0.25, 0.3) is 0 Å². The van der Waals surface area contributed by atoms with Crippen LogP contribution in [-0.4, -0.2) is 38.7 Å². The number of rotatable bonds is 8. The number of aryl methyl sites for hydroxylation is 4. The highest BCUT2D eigenvalue weighted by atomic mass is 79.9. The lowest BCUT2D eigenvalue weighted by molar-refractivity contribution is 0.627. The maximum absolute atomic E-state index is 13.7. The van der Waals surface area contributed by atoms with Crippen molar-refractivity contribution in [3.63, 3.8) is 0 Å². The van der Waals surface area contributed by atoms with Crippen molar-refractivity contribution in [1.29, 1.82) is 0 Å². The van der Waals surface area contributed by atoms with E-state index in [-0.39, 0.29) is 11.6 Å². The van der Waals surface area contributed by atoms with E-state index in [9.17, 15) is 8.78 Å². The third kappa shape index (κ3) is 7.22. The first-order valence-corrected chi connectivity index (χ1v) is 18.5. The van der Waals surface area contributed by atoms with Crippen LogP contribution in [0.2, 0.25) is 0 Å². The maximum atomic E-state index is 13.7. The van der Waals surface area contributed by atoms with Crippen LogP contribution in [-0.2, 0) is 40.0 Å². The maximum Gasteiger partial charge on any atom is 0.123 e. The Morgan fingerprint density at radius 1 is 0.654 bits per heavy atom. The molecule has 52 heavy (non-hydrogen) atoms. The van der Waals surface area contributed by atoms with Crippen molar-refractivity contribution in [2.75, 3.05) is 0 Å². The van der Waals surface area contributed by atoms with Crippen LogP contribution in [0, 0.1) is 11.6 Å². The van der Waals surface area contributed by atoms with E-state index in [1.807, 2.05) is 62.9 Å². The highest BCUT2D eigenvalue weighted by Crippen LogP contribution is 2.29. The molecule has 0 unspecified atom stereocenters. The second-order valence-electron chi connectivity index (χ2n) is 12.5. The van der Waals surface area contributed by atoms with E-state index < -0.39 is 0 Å². The summed E-state index contributed by atoms with van der Waals surface area (Å²) in [6, 6.07) is 25.5. The van der Waals surface area contributed by atoms with Crippen LogP contribution in [0.5, 0.6) is 0 Å². The zero-order valence-corrected chi connectivity index (χ0v) is 32.3. The van der Waals surface area contributed by atoms with E-state index in [0.29, 0.717) is 12.8 Å². The summed E-state index contributed by atoms with van der Waals surface area (Å²) in [6.07, 6.45) is 5.10. The molecule has 0 radical (unpaired) electrons. The number of nitrogens with zero attached hydrogens (tertiary/aromatic N) is 8. The second-order valence-corrected chi connectivity index (χ2v) is 14.3. The van der Waals surface area contributed by atoms with Crippen LogP contribution >= 0.6 is 31.9 Å². The molecule has 0 aliphatic heterocycles. The van der Waals surface area contributed by atoms with Crippen molar-refractivity contribution in [2.24, 2.45) is 14.1 Å². The first-order valence-electron chi connectivity index (χ1n) is 17.0. The van der Waals surface area contributed by atoms with Gasteiger partial charge in [0.05, 0.1) is 39.7 Å². The number of hydrogen-bond acceptors (Lipinski definition) is 4. The molecule has 0 fully saturated rings. The lowest BCUT2D eigenvalue weighted by Gasteiger charge is -2.09. The molecule has 0 bridgehead atoms. The van der Waals surface area contributed by atoms with Crippen molar-refractivity contribution in [2.45, 2.75) is 39.8 Å². The third-order valence-electron chi connectivity index (χ3n) is 9.02. The van der Waals surface area contributed by atoms with Gasteiger partial charge in [-0.2, -0.15) is 10.2 Å². The minimum Gasteiger partial charge on any atom is -0.328 e. The third-order valence-corrected chi connectivity index (χ3v) is 10.0. The summed E-state index contributed by atoms with van der Waals surface area (Å²) in [7, 11) is 3.76. The highest BCUT2D eigenvalue weighted by molar-refractivity contribution is 9.10. The smallest absolute Gasteiger partial charge is 0.123 e. The van der Waals surface area contributed by atoms with Crippen molar-refractivity contribution in [1.82, 2.24) is 38.7 Å². The van der Waals surface area contributed by atoms with E-state index in [4.69, 9.17) is 9.97 Å². The van der Waals surface area contributed by atoms with Gasteiger partial charge in [0.15, 0.2) is 0 Å². The molecule has 0 spiro atoms. The summed E-state index contributed by atoms with van der Waals surface area (Å²) in [6.45, 7) is 5.90. The Morgan fingerprint density at radius 2 is 1.19 bits per heavy atom. The van der Waals surface area contributed by atoms with Gasteiger partial charge in [-0.25, -0.2) is 18.7 Å². The standard InChI is InChI=1S/2C20H18BrFN4/c1-3-26-18-8-7-15(21)11-17(18)23-19(26)10-14-12-25(2)24-20(14)13-5-4-6-16(22)9-13;1-3-26-18-8-7-15(21)11-17(18)24-19(26)10-14-12-23-25(2)20(14)13-5-4-6-16(22)9-13/h2*4-9,11-12H,3,10H2,1-2H3. The molecule has 0 saturated carbocycles. The number of halogens is 4. The molecule has 8 nitrogen and oxygen atoms in total. The van der Waals surface area contributed by atoms with Gasteiger partial charge >= 0.3 is 0 Å². The van der Waals surface area contributed by atoms with Crippen LogP contribution < -0.4 is 0 Å². The fraction of sp³-hybridized carbons (Fsp3) is 0.200. The van der Waals surface area contributed by atoms with Gasteiger partial charge in [0.1, 0.15) is 23.3 Å². The Labute approximate surface area is 317 Å². The first-order chi connectivity index (χ1) is 25.1. The number of aromatic nitrogens is 8. The van der Waals surface area contributed by atoms with Crippen LogP contribution in [0.15, 0.2) is 106 Å². The molecule has 4 aromatic heterocycles. The van der Waals surface area contributed by atoms with Gasteiger partial charge in [0, 0.05) is 77.4 Å². The Hall–Kier alpha value is -4.94. The molecule has 8 rings (SSSR count). The molecule has 0 aliphatic carbocycles. The van der Waals surface area contributed by atoms with Gasteiger partial charge < -0.3 is 9.13 Å². The Kier molecular flexibility index (Phi) is 10.2. The number of hydrogen-bond donors (Lipinski definition) is 0. The predicted octanol–water partition coefficient (Wildman–Crippen LogP) is 9.90. The van der Waals surface area contributed by atoms with Crippen LogP contribution in [0.3, 0.4) is 0 Å².